The fourth-order valence-electron chi connectivity index (χ4n) is 2.72. The first-order chi connectivity index (χ1) is 6.29. The third kappa shape index (κ3) is 1.72. The fraction of sp³-hybridized carbons (Fsp3) is 0.692. The van der Waals surface area contributed by atoms with E-state index in [0.717, 1.165) is 11.8 Å². The second kappa shape index (κ2) is 3.69. The van der Waals surface area contributed by atoms with Crippen LogP contribution in [0.5, 0.6) is 0 Å². The number of rotatable bonds is 1. The van der Waals surface area contributed by atoms with Gasteiger partial charge in [-0.1, -0.05) is 26.0 Å². The summed E-state index contributed by atoms with van der Waals surface area (Å²) in [5, 5.41) is 0. The first-order valence-corrected chi connectivity index (χ1v) is 5.69. The van der Waals surface area contributed by atoms with Crippen LogP contribution in [0.3, 0.4) is 0 Å². The van der Waals surface area contributed by atoms with E-state index in [1.165, 1.54) is 32.1 Å². The second-order valence-electron chi connectivity index (χ2n) is 4.68. The molecule has 0 fully saturated rings. The largest absolute Gasteiger partial charge is 0.0808 e. The van der Waals surface area contributed by atoms with Crippen LogP contribution >= 0.6 is 0 Å². The standard InChI is InChI=1S/C13H20/c1-10(2)12-9-5-7-11-6-3-4-8-13(11)12/h8-11H,3-7H2,1-2H3. The van der Waals surface area contributed by atoms with Gasteiger partial charge in [0.25, 0.3) is 0 Å². The van der Waals surface area contributed by atoms with Crippen LogP contribution in [-0.4, -0.2) is 0 Å². The average molecular weight is 176 g/mol. The lowest BCUT2D eigenvalue weighted by Crippen LogP contribution is -2.16. The summed E-state index contributed by atoms with van der Waals surface area (Å²) in [6.07, 6.45) is 11.9. The van der Waals surface area contributed by atoms with Gasteiger partial charge in [0, 0.05) is 0 Å². The van der Waals surface area contributed by atoms with E-state index in [4.69, 9.17) is 0 Å². The molecule has 1 unspecified atom stereocenters. The van der Waals surface area contributed by atoms with E-state index >= 15 is 0 Å². The Kier molecular flexibility index (Phi) is 2.57. The molecule has 0 amide bonds. The summed E-state index contributed by atoms with van der Waals surface area (Å²) in [7, 11) is 0. The topological polar surface area (TPSA) is 0 Å². The van der Waals surface area contributed by atoms with Gasteiger partial charge in [0.2, 0.25) is 0 Å². The van der Waals surface area contributed by atoms with Crippen molar-refractivity contribution < 1.29 is 0 Å². The monoisotopic (exact) mass is 176 g/mol. The highest BCUT2D eigenvalue weighted by atomic mass is 14.3. The third-order valence-electron chi connectivity index (χ3n) is 3.40. The van der Waals surface area contributed by atoms with Gasteiger partial charge in [-0.2, -0.15) is 0 Å². The number of hydrogen-bond acceptors (Lipinski definition) is 0. The van der Waals surface area contributed by atoms with Crippen LogP contribution in [-0.2, 0) is 0 Å². The predicted molar refractivity (Wildman–Crippen MR) is 57.6 cm³/mol. The van der Waals surface area contributed by atoms with Crippen LogP contribution in [0.25, 0.3) is 0 Å². The van der Waals surface area contributed by atoms with Crippen LogP contribution in [0.15, 0.2) is 23.3 Å². The lowest BCUT2D eigenvalue weighted by Gasteiger charge is -2.31. The smallest absolute Gasteiger partial charge is 0.0159 e. The van der Waals surface area contributed by atoms with Crippen molar-refractivity contribution in [2.24, 2.45) is 11.8 Å². The molecule has 0 aromatic rings. The molecule has 0 radical (unpaired) electrons. The second-order valence-corrected chi connectivity index (χ2v) is 4.68. The van der Waals surface area contributed by atoms with Crippen LogP contribution in [0.4, 0.5) is 0 Å². The van der Waals surface area contributed by atoms with Gasteiger partial charge in [0.05, 0.1) is 0 Å². The summed E-state index contributed by atoms with van der Waals surface area (Å²) in [6.45, 7) is 4.65. The van der Waals surface area contributed by atoms with Crippen molar-refractivity contribution in [1.82, 2.24) is 0 Å². The zero-order valence-electron chi connectivity index (χ0n) is 8.84. The molecule has 0 nitrogen and oxygen atoms in total. The highest BCUT2D eigenvalue weighted by Crippen LogP contribution is 2.39. The summed E-state index contributed by atoms with van der Waals surface area (Å²) < 4.78 is 0. The molecule has 2 aliphatic rings. The summed E-state index contributed by atoms with van der Waals surface area (Å²) in [5.74, 6) is 1.64. The highest BCUT2D eigenvalue weighted by Gasteiger charge is 2.24. The van der Waals surface area contributed by atoms with Crippen LogP contribution < -0.4 is 0 Å². The maximum atomic E-state index is 2.50. The summed E-state index contributed by atoms with van der Waals surface area (Å²) in [4.78, 5) is 0. The van der Waals surface area contributed by atoms with Crippen molar-refractivity contribution in [3.63, 3.8) is 0 Å². The first-order valence-electron chi connectivity index (χ1n) is 5.69. The van der Waals surface area contributed by atoms with E-state index in [2.05, 4.69) is 26.0 Å². The van der Waals surface area contributed by atoms with Gasteiger partial charge >= 0.3 is 0 Å². The van der Waals surface area contributed by atoms with E-state index in [0.29, 0.717) is 0 Å². The molecule has 0 bridgehead atoms. The van der Waals surface area contributed by atoms with Crippen molar-refractivity contribution in [2.45, 2.75) is 46.0 Å². The number of allylic oxidation sites excluding steroid dienone is 4. The Labute approximate surface area is 81.7 Å². The van der Waals surface area contributed by atoms with Crippen LogP contribution in [0.2, 0.25) is 0 Å². The Balaban J connectivity index is 2.26. The summed E-state index contributed by atoms with van der Waals surface area (Å²) >= 11 is 0. The normalized spacial score (nSPS) is 28.1. The van der Waals surface area contributed by atoms with E-state index in [1.54, 1.807) is 11.1 Å². The molecule has 0 N–H and O–H groups in total. The van der Waals surface area contributed by atoms with Crippen molar-refractivity contribution in [1.29, 1.82) is 0 Å². The molecule has 0 aromatic carbocycles. The quantitative estimate of drug-likeness (QED) is 0.564. The first kappa shape index (κ1) is 9.05. The van der Waals surface area contributed by atoms with Gasteiger partial charge < -0.3 is 0 Å². The molecule has 2 rings (SSSR count). The van der Waals surface area contributed by atoms with E-state index in [1.807, 2.05) is 0 Å². The zero-order chi connectivity index (χ0) is 9.26. The summed E-state index contributed by atoms with van der Waals surface area (Å²) in [6, 6.07) is 0. The highest BCUT2D eigenvalue weighted by molar-refractivity contribution is 5.37. The molecule has 0 saturated heterocycles. The molecule has 0 spiro atoms. The average Bonchev–Trinajstić information content (AvgIpc) is 2.17. The number of hydrogen-bond donors (Lipinski definition) is 0. The minimum Gasteiger partial charge on any atom is -0.0808 e. The van der Waals surface area contributed by atoms with Crippen molar-refractivity contribution in [3.8, 4) is 0 Å². The maximum Gasteiger partial charge on any atom is -0.0159 e. The predicted octanol–water partition coefficient (Wildman–Crippen LogP) is 4.09. The van der Waals surface area contributed by atoms with Crippen molar-refractivity contribution in [3.05, 3.63) is 23.3 Å². The van der Waals surface area contributed by atoms with Gasteiger partial charge in [-0.25, -0.2) is 0 Å². The molecule has 13 heavy (non-hydrogen) atoms. The van der Waals surface area contributed by atoms with Gasteiger partial charge in [-0.15, -0.1) is 0 Å². The Morgan fingerprint density at radius 2 is 2.00 bits per heavy atom. The Hall–Kier alpha value is -0.520. The molecular weight excluding hydrogens is 156 g/mol. The van der Waals surface area contributed by atoms with Crippen LogP contribution in [0.1, 0.15) is 46.0 Å². The minimum atomic E-state index is 0.729. The zero-order valence-corrected chi connectivity index (χ0v) is 8.84. The molecular formula is C13H20. The molecule has 0 heterocycles. The van der Waals surface area contributed by atoms with E-state index in [9.17, 15) is 0 Å². The fourth-order valence-corrected chi connectivity index (χ4v) is 2.72. The number of fused-ring (bicyclic) bond motifs is 1. The van der Waals surface area contributed by atoms with Crippen molar-refractivity contribution in [2.75, 3.05) is 0 Å². The third-order valence-corrected chi connectivity index (χ3v) is 3.40. The summed E-state index contributed by atoms with van der Waals surface area (Å²) in [5.41, 5.74) is 3.35. The van der Waals surface area contributed by atoms with Crippen molar-refractivity contribution >= 4 is 0 Å². The van der Waals surface area contributed by atoms with Gasteiger partial charge in [-0.3, -0.25) is 0 Å². The Morgan fingerprint density at radius 1 is 1.15 bits per heavy atom. The Morgan fingerprint density at radius 3 is 2.77 bits per heavy atom. The van der Waals surface area contributed by atoms with Gasteiger partial charge in [0.1, 0.15) is 0 Å². The Bertz CT molecular complexity index is 243. The molecule has 2 aliphatic carbocycles. The van der Waals surface area contributed by atoms with E-state index < -0.39 is 0 Å². The SMILES string of the molecule is CC(C)C1=CCCC2CCCC=C12. The van der Waals surface area contributed by atoms with E-state index in [-0.39, 0.29) is 0 Å². The van der Waals surface area contributed by atoms with Gasteiger partial charge in [0.15, 0.2) is 0 Å². The van der Waals surface area contributed by atoms with Crippen LogP contribution in [0, 0.1) is 11.8 Å². The minimum absolute atomic E-state index is 0.729. The molecule has 72 valence electrons. The molecule has 1 atom stereocenters. The molecule has 0 heteroatoms. The molecule has 0 aliphatic heterocycles. The lowest BCUT2D eigenvalue weighted by molar-refractivity contribution is 0.462. The van der Waals surface area contributed by atoms with Gasteiger partial charge in [-0.05, 0) is 55.1 Å². The maximum absolute atomic E-state index is 2.50. The lowest BCUT2D eigenvalue weighted by atomic mass is 9.74. The molecule has 0 aromatic heterocycles. The molecule has 0 saturated carbocycles.